The first-order valence-electron chi connectivity index (χ1n) is 7.55. The van der Waals surface area contributed by atoms with Gasteiger partial charge < -0.3 is 15.2 Å². The van der Waals surface area contributed by atoms with Gasteiger partial charge in [-0.3, -0.25) is 0 Å². The van der Waals surface area contributed by atoms with Gasteiger partial charge in [-0.2, -0.15) is 0 Å². The molecule has 1 fully saturated rings. The summed E-state index contributed by atoms with van der Waals surface area (Å²) in [4.78, 5) is 0. The summed E-state index contributed by atoms with van der Waals surface area (Å²) in [5.41, 5.74) is 7.37. The molecule has 1 saturated carbocycles. The van der Waals surface area contributed by atoms with Crippen LogP contribution >= 0.6 is 11.6 Å². The average molecular weight is 296 g/mol. The summed E-state index contributed by atoms with van der Waals surface area (Å²) >= 11 is 6.28. The lowest BCUT2D eigenvalue weighted by molar-refractivity contribution is 0.271. The topological polar surface area (TPSA) is 44.5 Å². The van der Waals surface area contributed by atoms with Crippen LogP contribution < -0.4 is 15.2 Å². The standard InChI is InChI=1S/C16H22ClNO2/c17-13-6-5-12(14-15(13)20-10-4-9-19-14)16(11-18)7-2-1-3-8-16/h5-6H,1-4,7-11,18H2. The second kappa shape index (κ2) is 5.82. The molecular weight excluding hydrogens is 274 g/mol. The molecule has 110 valence electrons. The highest BCUT2D eigenvalue weighted by atomic mass is 35.5. The number of halogens is 1. The van der Waals surface area contributed by atoms with E-state index in [1.165, 1.54) is 24.8 Å². The molecule has 4 heteroatoms. The molecule has 1 heterocycles. The van der Waals surface area contributed by atoms with Crippen molar-refractivity contribution in [2.24, 2.45) is 5.73 Å². The summed E-state index contributed by atoms with van der Waals surface area (Å²) < 4.78 is 11.8. The summed E-state index contributed by atoms with van der Waals surface area (Å²) in [5.74, 6) is 1.54. The van der Waals surface area contributed by atoms with Gasteiger partial charge in [-0.25, -0.2) is 0 Å². The van der Waals surface area contributed by atoms with Crippen LogP contribution in [0.1, 0.15) is 44.1 Å². The molecule has 20 heavy (non-hydrogen) atoms. The lowest BCUT2D eigenvalue weighted by atomic mass is 9.69. The summed E-state index contributed by atoms with van der Waals surface area (Å²) in [6.07, 6.45) is 6.90. The molecule has 2 N–H and O–H groups in total. The summed E-state index contributed by atoms with van der Waals surface area (Å²) in [6.45, 7) is 2.00. The van der Waals surface area contributed by atoms with Crippen molar-refractivity contribution in [2.75, 3.05) is 19.8 Å². The molecule has 2 aliphatic rings. The van der Waals surface area contributed by atoms with Crippen LogP contribution in [0.2, 0.25) is 5.02 Å². The van der Waals surface area contributed by atoms with Gasteiger partial charge in [0.15, 0.2) is 11.5 Å². The van der Waals surface area contributed by atoms with Crippen molar-refractivity contribution >= 4 is 11.6 Å². The summed E-state index contributed by atoms with van der Waals surface area (Å²) in [6, 6.07) is 4.02. The molecule has 0 bridgehead atoms. The van der Waals surface area contributed by atoms with Crippen molar-refractivity contribution in [3.05, 3.63) is 22.7 Å². The number of hydrogen-bond acceptors (Lipinski definition) is 3. The SMILES string of the molecule is NCC1(c2ccc(Cl)c3c2OCCCO3)CCCCC1. The fourth-order valence-corrected chi connectivity index (χ4v) is 3.66. The molecule has 0 atom stereocenters. The van der Waals surface area contributed by atoms with Gasteiger partial charge in [-0.05, 0) is 18.9 Å². The number of rotatable bonds is 2. The van der Waals surface area contributed by atoms with Gasteiger partial charge in [-0.15, -0.1) is 0 Å². The molecular formula is C16H22ClNO2. The number of fused-ring (bicyclic) bond motifs is 1. The van der Waals surface area contributed by atoms with Crippen molar-refractivity contribution in [3.63, 3.8) is 0 Å². The van der Waals surface area contributed by atoms with E-state index in [1.54, 1.807) is 0 Å². The molecule has 3 rings (SSSR count). The molecule has 0 saturated heterocycles. The van der Waals surface area contributed by atoms with E-state index in [2.05, 4.69) is 6.07 Å². The lowest BCUT2D eigenvalue weighted by Gasteiger charge is -2.38. The van der Waals surface area contributed by atoms with E-state index < -0.39 is 0 Å². The number of hydrogen-bond donors (Lipinski definition) is 1. The molecule has 0 aromatic heterocycles. The number of nitrogens with two attached hydrogens (primary N) is 1. The van der Waals surface area contributed by atoms with Crippen LogP contribution in [0.15, 0.2) is 12.1 Å². The normalized spacial score (nSPS) is 21.3. The molecule has 1 aliphatic carbocycles. The Morgan fingerprint density at radius 2 is 1.70 bits per heavy atom. The van der Waals surface area contributed by atoms with Crippen LogP contribution in [0.4, 0.5) is 0 Å². The molecule has 0 amide bonds. The minimum absolute atomic E-state index is 0.0284. The molecule has 0 unspecified atom stereocenters. The first kappa shape index (κ1) is 14.0. The highest BCUT2D eigenvalue weighted by molar-refractivity contribution is 6.32. The molecule has 0 radical (unpaired) electrons. The predicted octanol–water partition coefficient (Wildman–Crippen LogP) is 3.66. The summed E-state index contributed by atoms with van der Waals surface area (Å²) in [7, 11) is 0. The molecule has 3 nitrogen and oxygen atoms in total. The smallest absolute Gasteiger partial charge is 0.180 e. The van der Waals surface area contributed by atoms with Gasteiger partial charge >= 0.3 is 0 Å². The first-order chi connectivity index (χ1) is 9.77. The fourth-order valence-electron chi connectivity index (χ4n) is 3.45. The van der Waals surface area contributed by atoms with Gasteiger partial charge in [0, 0.05) is 23.9 Å². The van der Waals surface area contributed by atoms with Crippen LogP contribution in [-0.4, -0.2) is 19.8 Å². The molecule has 1 aromatic carbocycles. The predicted molar refractivity (Wildman–Crippen MR) is 80.9 cm³/mol. The maximum Gasteiger partial charge on any atom is 0.180 e. The van der Waals surface area contributed by atoms with Crippen molar-refractivity contribution in [3.8, 4) is 11.5 Å². The van der Waals surface area contributed by atoms with Crippen LogP contribution in [0.5, 0.6) is 11.5 Å². The maximum absolute atomic E-state index is 6.28. The number of ether oxygens (including phenoxy) is 2. The Bertz CT molecular complexity index is 484. The summed E-state index contributed by atoms with van der Waals surface area (Å²) in [5, 5.41) is 0.633. The third-order valence-electron chi connectivity index (χ3n) is 4.62. The van der Waals surface area contributed by atoms with E-state index in [4.69, 9.17) is 26.8 Å². The highest BCUT2D eigenvalue weighted by Crippen LogP contribution is 2.48. The van der Waals surface area contributed by atoms with Gasteiger partial charge in [0.2, 0.25) is 0 Å². The minimum atomic E-state index is 0.0284. The largest absolute Gasteiger partial charge is 0.489 e. The quantitative estimate of drug-likeness (QED) is 0.905. The molecule has 0 spiro atoms. The van der Waals surface area contributed by atoms with Gasteiger partial charge in [0.25, 0.3) is 0 Å². The van der Waals surface area contributed by atoms with Crippen LogP contribution in [-0.2, 0) is 5.41 Å². The van der Waals surface area contributed by atoms with Crippen LogP contribution in [0, 0.1) is 0 Å². The Kier molecular flexibility index (Phi) is 4.08. The van der Waals surface area contributed by atoms with E-state index in [0.29, 0.717) is 30.5 Å². The monoisotopic (exact) mass is 295 g/mol. The van der Waals surface area contributed by atoms with Crippen molar-refractivity contribution in [1.82, 2.24) is 0 Å². The zero-order chi connectivity index (χ0) is 14.0. The Morgan fingerprint density at radius 3 is 2.40 bits per heavy atom. The maximum atomic E-state index is 6.28. The Morgan fingerprint density at radius 1 is 1.00 bits per heavy atom. The number of benzene rings is 1. The molecule has 1 aliphatic heterocycles. The van der Waals surface area contributed by atoms with E-state index in [-0.39, 0.29) is 5.41 Å². The van der Waals surface area contributed by atoms with E-state index in [0.717, 1.165) is 25.0 Å². The van der Waals surface area contributed by atoms with Gasteiger partial charge in [-0.1, -0.05) is 36.9 Å². The van der Waals surface area contributed by atoms with Crippen molar-refractivity contribution in [2.45, 2.75) is 43.9 Å². The van der Waals surface area contributed by atoms with Gasteiger partial charge in [0.05, 0.1) is 18.2 Å². The zero-order valence-corrected chi connectivity index (χ0v) is 12.5. The van der Waals surface area contributed by atoms with Crippen molar-refractivity contribution in [1.29, 1.82) is 0 Å². The van der Waals surface area contributed by atoms with E-state index >= 15 is 0 Å². The van der Waals surface area contributed by atoms with Crippen LogP contribution in [0.3, 0.4) is 0 Å². The second-order valence-corrected chi connectivity index (χ2v) is 6.26. The zero-order valence-electron chi connectivity index (χ0n) is 11.8. The third kappa shape index (κ3) is 2.38. The Hall–Kier alpha value is -0.930. The van der Waals surface area contributed by atoms with E-state index in [9.17, 15) is 0 Å². The third-order valence-corrected chi connectivity index (χ3v) is 4.92. The first-order valence-corrected chi connectivity index (χ1v) is 7.93. The second-order valence-electron chi connectivity index (χ2n) is 5.85. The van der Waals surface area contributed by atoms with Crippen molar-refractivity contribution < 1.29 is 9.47 Å². The van der Waals surface area contributed by atoms with Crippen LogP contribution in [0.25, 0.3) is 0 Å². The molecule has 1 aromatic rings. The average Bonchev–Trinajstić information content (AvgIpc) is 2.75. The fraction of sp³-hybridized carbons (Fsp3) is 0.625. The Labute approximate surface area is 125 Å². The Balaban J connectivity index is 2.08. The highest BCUT2D eigenvalue weighted by Gasteiger charge is 2.37. The van der Waals surface area contributed by atoms with Gasteiger partial charge in [0.1, 0.15) is 0 Å². The van der Waals surface area contributed by atoms with E-state index in [1.807, 2.05) is 6.07 Å². The lowest BCUT2D eigenvalue weighted by Crippen LogP contribution is -2.37. The minimum Gasteiger partial charge on any atom is -0.489 e.